The average Bonchev–Trinajstić information content (AvgIpc) is 3.28. The van der Waals surface area contributed by atoms with Crippen LogP contribution in [0.5, 0.6) is 0 Å². The minimum atomic E-state index is -0.391. The first-order valence-corrected chi connectivity index (χ1v) is 8.32. The molecule has 0 fully saturated rings. The molecule has 0 radical (unpaired) electrons. The molecule has 1 aliphatic rings. The van der Waals surface area contributed by atoms with E-state index in [9.17, 15) is 4.79 Å². The fourth-order valence-corrected chi connectivity index (χ4v) is 3.40. The summed E-state index contributed by atoms with van der Waals surface area (Å²) in [6.45, 7) is 0.471. The predicted molar refractivity (Wildman–Crippen MR) is 97.6 cm³/mol. The number of carbonyl (C=O) groups is 1. The van der Waals surface area contributed by atoms with Gasteiger partial charge in [-0.1, -0.05) is 5.16 Å². The van der Waals surface area contributed by atoms with Gasteiger partial charge in [0, 0.05) is 17.4 Å². The average molecular weight is 354 g/mol. The Balaban J connectivity index is 1.47. The molecule has 2 amide bonds. The van der Waals surface area contributed by atoms with Crippen molar-refractivity contribution in [2.75, 3.05) is 22.2 Å². The number of carbonyl (C=O) groups excluding carboxylic acids is 1. The molecule has 3 aromatic rings. The number of aliphatic imine (C=N–C) groups is 1. The van der Waals surface area contributed by atoms with E-state index < -0.39 is 6.03 Å². The molecule has 0 spiro atoms. The summed E-state index contributed by atoms with van der Waals surface area (Å²) < 4.78 is 4.66. The monoisotopic (exact) mass is 354 g/mol. The van der Waals surface area contributed by atoms with Crippen molar-refractivity contribution in [1.29, 1.82) is 0 Å². The van der Waals surface area contributed by atoms with E-state index in [2.05, 4.69) is 30.2 Å². The summed E-state index contributed by atoms with van der Waals surface area (Å²) in [4.78, 5) is 18.3. The molecule has 1 aromatic carbocycles. The largest absolute Gasteiger partial charge is 0.383 e. The third kappa shape index (κ3) is 3.04. The van der Waals surface area contributed by atoms with Gasteiger partial charge in [0.1, 0.15) is 23.8 Å². The lowest BCUT2D eigenvalue weighted by atomic mass is 10.2. The number of hydrogen-bond donors (Lipinski definition) is 3. The second-order valence-electron chi connectivity index (χ2n) is 5.26. The standard InChI is InChI=1S/C16H14N6O2S/c17-14-12-6-8-25-15(12)22(9-18-14)11-3-1-10(2-4-11)19-16(23)20-13-5-7-24-21-13/h1-8H,9H2,(H2,17,18)(H2,19,20,21,23). The maximum absolute atomic E-state index is 11.9. The number of amides is 2. The number of anilines is 4. The van der Waals surface area contributed by atoms with Gasteiger partial charge in [0.2, 0.25) is 0 Å². The minimum Gasteiger partial charge on any atom is -0.383 e. The third-order valence-corrected chi connectivity index (χ3v) is 4.60. The quantitative estimate of drug-likeness (QED) is 0.669. The number of benzene rings is 1. The molecule has 8 nitrogen and oxygen atoms in total. The number of nitrogens with two attached hydrogens (primary N) is 1. The van der Waals surface area contributed by atoms with Crippen molar-refractivity contribution in [3.8, 4) is 0 Å². The van der Waals surface area contributed by atoms with E-state index in [1.165, 1.54) is 6.26 Å². The van der Waals surface area contributed by atoms with Crippen LogP contribution in [0.25, 0.3) is 0 Å². The zero-order valence-electron chi connectivity index (χ0n) is 13.0. The molecule has 9 heteroatoms. The Morgan fingerprint density at radius 2 is 2.04 bits per heavy atom. The summed E-state index contributed by atoms with van der Waals surface area (Å²) in [7, 11) is 0. The van der Waals surface area contributed by atoms with E-state index in [0.717, 1.165) is 16.3 Å². The lowest BCUT2D eigenvalue weighted by molar-refractivity contribution is 0.262. The molecular formula is C16H14N6O2S. The van der Waals surface area contributed by atoms with Gasteiger partial charge in [-0.3, -0.25) is 5.32 Å². The highest BCUT2D eigenvalue weighted by Gasteiger charge is 2.21. The van der Waals surface area contributed by atoms with E-state index in [0.29, 0.717) is 24.0 Å². The van der Waals surface area contributed by atoms with Crippen LogP contribution >= 0.6 is 11.3 Å². The number of thiophene rings is 1. The smallest absolute Gasteiger partial charge is 0.324 e. The van der Waals surface area contributed by atoms with Crippen molar-refractivity contribution in [3.63, 3.8) is 0 Å². The summed E-state index contributed by atoms with van der Waals surface area (Å²) in [5.41, 5.74) is 8.52. The van der Waals surface area contributed by atoms with Crippen molar-refractivity contribution in [1.82, 2.24) is 5.16 Å². The molecule has 2 aromatic heterocycles. The topological polar surface area (TPSA) is 109 Å². The molecule has 25 heavy (non-hydrogen) atoms. The summed E-state index contributed by atoms with van der Waals surface area (Å²) in [5, 5.41) is 12.0. The van der Waals surface area contributed by atoms with Gasteiger partial charge in [-0.25, -0.2) is 9.79 Å². The summed E-state index contributed by atoms with van der Waals surface area (Å²) in [5.74, 6) is 0.915. The molecule has 0 saturated carbocycles. The van der Waals surface area contributed by atoms with Crippen LogP contribution in [0.1, 0.15) is 5.56 Å². The van der Waals surface area contributed by atoms with E-state index in [-0.39, 0.29) is 0 Å². The zero-order chi connectivity index (χ0) is 17.2. The molecule has 4 rings (SSSR count). The third-order valence-electron chi connectivity index (χ3n) is 3.66. The van der Waals surface area contributed by atoms with Crippen LogP contribution in [0.3, 0.4) is 0 Å². The molecule has 0 aliphatic carbocycles. The SMILES string of the molecule is NC1=NCN(c2ccc(NC(=O)Nc3ccon3)cc2)c2sccc21. The van der Waals surface area contributed by atoms with Crippen LogP contribution in [0.15, 0.2) is 57.6 Å². The number of nitrogens with one attached hydrogen (secondary N) is 2. The Hall–Kier alpha value is -3.33. The maximum atomic E-state index is 11.9. The van der Waals surface area contributed by atoms with Crippen molar-refractivity contribution < 1.29 is 9.32 Å². The van der Waals surface area contributed by atoms with Crippen molar-refractivity contribution >= 4 is 45.4 Å². The van der Waals surface area contributed by atoms with Gasteiger partial charge in [0.25, 0.3) is 0 Å². The van der Waals surface area contributed by atoms with Gasteiger partial charge in [-0.15, -0.1) is 11.3 Å². The van der Waals surface area contributed by atoms with E-state index >= 15 is 0 Å². The highest BCUT2D eigenvalue weighted by Crippen LogP contribution is 2.36. The highest BCUT2D eigenvalue weighted by molar-refractivity contribution is 7.14. The molecule has 0 bridgehead atoms. The number of fused-ring (bicyclic) bond motifs is 1. The molecule has 3 heterocycles. The van der Waals surface area contributed by atoms with E-state index in [4.69, 9.17) is 5.73 Å². The first-order chi connectivity index (χ1) is 12.2. The van der Waals surface area contributed by atoms with Gasteiger partial charge in [-0.05, 0) is 35.7 Å². The first-order valence-electron chi connectivity index (χ1n) is 7.44. The van der Waals surface area contributed by atoms with Crippen LogP contribution in [0, 0.1) is 0 Å². The number of hydrogen-bond acceptors (Lipinski definition) is 7. The molecule has 0 unspecified atom stereocenters. The Bertz CT molecular complexity index is 917. The van der Waals surface area contributed by atoms with Gasteiger partial charge >= 0.3 is 6.03 Å². The fraction of sp³-hybridized carbons (Fsp3) is 0.0625. The number of nitrogens with zero attached hydrogens (tertiary/aromatic N) is 3. The zero-order valence-corrected chi connectivity index (χ0v) is 13.8. The maximum Gasteiger partial charge on any atom is 0.324 e. The number of urea groups is 1. The van der Waals surface area contributed by atoms with Crippen LogP contribution in [0.4, 0.5) is 27.0 Å². The van der Waals surface area contributed by atoms with Crippen molar-refractivity contribution in [2.45, 2.75) is 0 Å². The first kappa shape index (κ1) is 15.2. The Kier molecular flexibility index (Phi) is 3.82. The van der Waals surface area contributed by atoms with Crippen LogP contribution in [0.2, 0.25) is 0 Å². The Labute approximate surface area is 146 Å². The van der Waals surface area contributed by atoms with E-state index in [1.54, 1.807) is 17.4 Å². The second kappa shape index (κ2) is 6.29. The summed E-state index contributed by atoms with van der Waals surface area (Å²) in [6, 6.07) is 10.6. The van der Waals surface area contributed by atoms with Crippen LogP contribution < -0.4 is 21.3 Å². The number of amidine groups is 1. The summed E-state index contributed by atoms with van der Waals surface area (Å²) in [6.07, 6.45) is 1.39. The van der Waals surface area contributed by atoms with Crippen LogP contribution in [-0.4, -0.2) is 23.7 Å². The highest BCUT2D eigenvalue weighted by atomic mass is 32.1. The van der Waals surface area contributed by atoms with Gasteiger partial charge < -0.3 is 20.5 Å². The van der Waals surface area contributed by atoms with Gasteiger partial charge in [-0.2, -0.15) is 0 Å². The van der Waals surface area contributed by atoms with Crippen molar-refractivity contribution in [2.24, 2.45) is 10.7 Å². The molecular weight excluding hydrogens is 340 g/mol. The van der Waals surface area contributed by atoms with Gasteiger partial charge in [0.05, 0.1) is 5.56 Å². The molecule has 4 N–H and O–H groups in total. The minimum absolute atomic E-state index is 0.350. The fourth-order valence-electron chi connectivity index (χ4n) is 2.48. The Morgan fingerprint density at radius 1 is 1.20 bits per heavy atom. The molecule has 1 aliphatic heterocycles. The lowest BCUT2D eigenvalue weighted by Crippen LogP contribution is -2.27. The molecule has 0 saturated heterocycles. The second-order valence-corrected chi connectivity index (χ2v) is 6.16. The summed E-state index contributed by atoms with van der Waals surface area (Å²) >= 11 is 1.62. The number of rotatable bonds is 3. The lowest BCUT2D eigenvalue weighted by Gasteiger charge is -2.26. The normalized spacial score (nSPS) is 13.1. The van der Waals surface area contributed by atoms with Crippen LogP contribution in [-0.2, 0) is 0 Å². The molecule has 0 atom stereocenters. The molecule has 126 valence electrons. The van der Waals surface area contributed by atoms with Crippen molar-refractivity contribution in [3.05, 3.63) is 53.6 Å². The Morgan fingerprint density at radius 3 is 2.80 bits per heavy atom. The predicted octanol–water partition coefficient (Wildman–Crippen LogP) is 3.19. The number of aromatic nitrogens is 1. The van der Waals surface area contributed by atoms with E-state index in [1.807, 2.05) is 35.7 Å². The van der Waals surface area contributed by atoms with Gasteiger partial charge in [0.15, 0.2) is 5.82 Å².